The van der Waals surface area contributed by atoms with Crippen molar-refractivity contribution in [2.24, 2.45) is 16.5 Å². The molecule has 3 aromatic rings. The van der Waals surface area contributed by atoms with Crippen LogP contribution in [0.5, 0.6) is 17.2 Å². The van der Waals surface area contributed by atoms with Crippen molar-refractivity contribution in [2.45, 2.75) is 13.1 Å². The summed E-state index contributed by atoms with van der Waals surface area (Å²) >= 11 is 0. The van der Waals surface area contributed by atoms with Crippen molar-refractivity contribution >= 4 is 35.6 Å². The number of nitrogens with two attached hydrogens (primary N) is 2. The van der Waals surface area contributed by atoms with Gasteiger partial charge in [0.05, 0.1) is 28.9 Å². The van der Waals surface area contributed by atoms with Crippen LogP contribution in [0.25, 0.3) is 0 Å². The van der Waals surface area contributed by atoms with Gasteiger partial charge in [-0.05, 0) is 61.0 Å². The second kappa shape index (κ2) is 12.7. The number of ether oxygens (including phenoxy) is 2. The molecule has 11 nitrogen and oxygen atoms in total. The molecule has 15 heteroatoms. The lowest BCUT2D eigenvalue weighted by atomic mass is 10.1. The summed E-state index contributed by atoms with van der Waals surface area (Å²) in [5.74, 6) is -2.59. The molecule has 2 amide bonds. The number of rotatable bonds is 10. The number of hydrogen-bond donors (Lipinski definition) is 5. The number of alkyl halides is 3. The van der Waals surface area contributed by atoms with Gasteiger partial charge < -0.3 is 36.7 Å². The Morgan fingerprint density at radius 3 is 2.37 bits per heavy atom. The third-order valence-corrected chi connectivity index (χ3v) is 5.33. The van der Waals surface area contributed by atoms with Crippen LogP contribution in [-0.4, -0.2) is 42.5 Å². The number of carboxylic acid groups (broad SMARTS) is 1. The van der Waals surface area contributed by atoms with Gasteiger partial charge in [-0.2, -0.15) is 13.2 Å². The van der Waals surface area contributed by atoms with Gasteiger partial charge in [0.1, 0.15) is 35.4 Å². The molecule has 0 aliphatic carbocycles. The topological polar surface area (TPSA) is 178 Å². The Bertz CT molecular complexity index is 1510. The number of aliphatic imine (C=N–C) groups is 1. The van der Waals surface area contributed by atoms with Gasteiger partial charge in [-0.15, -0.1) is 0 Å². The first kappa shape index (κ1) is 30.2. The van der Waals surface area contributed by atoms with Gasteiger partial charge >= 0.3 is 12.3 Å². The molecular formula is C26H23F4N5O6. The monoisotopic (exact) mass is 577 g/mol. The van der Waals surface area contributed by atoms with Crippen molar-refractivity contribution in [1.29, 1.82) is 0 Å². The van der Waals surface area contributed by atoms with Crippen LogP contribution < -0.4 is 31.6 Å². The number of halogens is 4. The van der Waals surface area contributed by atoms with Gasteiger partial charge in [0.15, 0.2) is 12.2 Å². The molecule has 0 fully saturated rings. The normalized spacial score (nSPS) is 10.9. The highest BCUT2D eigenvalue weighted by atomic mass is 19.4. The molecular weight excluding hydrogens is 554 g/mol. The van der Waals surface area contributed by atoms with Gasteiger partial charge in [0.2, 0.25) is 0 Å². The molecule has 3 aromatic carbocycles. The summed E-state index contributed by atoms with van der Waals surface area (Å²) in [6.07, 6.45) is -5.72. The van der Waals surface area contributed by atoms with E-state index in [2.05, 4.69) is 15.6 Å². The minimum Gasteiger partial charge on any atom is -0.491 e. The van der Waals surface area contributed by atoms with E-state index in [1.165, 1.54) is 25.1 Å². The van der Waals surface area contributed by atoms with Crippen molar-refractivity contribution in [3.63, 3.8) is 0 Å². The smallest absolute Gasteiger partial charge is 0.416 e. The first-order valence-corrected chi connectivity index (χ1v) is 11.6. The zero-order valence-electron chi connectivity index (χ0n) is 21.2. The van der Waals surface area contributed by atoms with Crippen LogP contribution in [0.4, 0.5) is 33.7 Å². The van der Waals surface area contributed by atoms with Gasteiger partial charge in [-0.1, -0.05) is 0 Å². The Morgan fingerprint density at radius 1 is 1.05 bits per heavy atom. The number of hydrogen-bond acceptors (Lipinski definition) is 6. The lowest BCUT2D eigenvalue weighted by Gasteiger charge is -2.17. The largest absolute Gasteiger partial charge is 0.491 e. The standard InChI is InChI=1S/C26H23F4N5O6/c1-13-10-15(27)3-6-19(13)41-21-11-14(26(28,29)30)2-4-16(21)23(37)34-18-5-7-20(40-9-8-33-25(38)39)17(12-36)22(18)35-24(31)32/h2-7,10-12,33H,8-9H2,1H3,(H,34,37)(H,38,39)(H4,31,32,35). The number of anilines is 1. The molecule has 0 aromatic heterocycles. The molecule has 0 saturated carbocycles. The number of guanidine groups is 1. The minimum atomic E-state index is -4.76. The number of benzene rings is 3. The number of carbonyl (C=O) groups is 3. The number of nitrogens with zero attached hydrogens (tertiary/aromatic N) is 1. The Morgan fingerprint density at radius 2 is 1.76 bits per heavy atom. The summed E-state index contributed by atoms with van der Waals surface area (Å²) < 4.78 is 64.9. The third kappa shape index (κ3) is 7.84. The molecule has 0 radical (unpaired) electrons. The highest BCUT2D eigenvalue weighted by molar-refractivity contribution is 6.09. The average Bonchev–Trinajstić information content (AvgIpc) is 2.88. The van der Waals surface area contributed by atoms with Gasteiger partial charge in [-0.3, -0.25) is 9.59 Å². The molecule has 0 saturated heterocycles. The lowest BCUT2D eigenvalue weighted by molar-refractivity contribution is -0.137. The summed E-state index contributed by atoms with van der Waals surface area (Å²) in [6, 6.07) is 8.07. The van der Waals surface area contributed by atoms with Crippen molar-refractivity contribution < 1.29 is 46.5 Å². The van der Waals surface area contributed by atoms with Crippen LogP contribution >= 0.6 is 0 Å². The predicted molar refractivity (Wildman–Crippen MR) is 139 cm³/mol. The molecule has 41 heavy (non-hydrogen) atoms. The quantitative estimate of drug-likeness (QED) is 0.0765. The Kier molecular flexibility index (Phi) is 9.34. The fourth-order valence-electron chi connectivity index (χ4n) is 3.50. The maximum Gasteiger partial charge on any atom is 0.416 e. The van der Waals surface area contributed by atoms with E-state index in [-0.39, 0.29) is 52.7 Å². The number of carbonyl (C=O) groups excluding carboxylic acids is 2. The molecule has 0 aliphatic heterocycles. The fourth-order valence-corrected chi connectivity index (χ4v) is 3.50. The summed E-state index contributed by atoms with van der Waals surface area (Å²) in [5.41, 5.74) is 9.22. The second-order valence-electron chi connectivity index (χ2n) is 8.28. The number of aryl methyl sites for hydroxylation is 1. The van der Waals surface area contributed by atoms with E-state index in [4.69, 9.17) is 26.0 Å². The van der Waals surface area contributed by atoms with Crippen LogP contribution in [0.1, 0.15) is 31.8 Å². The van der Waals surface area contributed by atoms with Crippen LogP contribution in [0, 0.1) is 12.7 Å². The van der Waals surface area contributed by atoms with E-state index in [1.807, 2.05) is 0 Å². The van der Waals surface area contributed by atoms with Crippen molar-refractivity contribution in [2.75, 3.05) is 18.5 Å². The molecule has 7 N–H and O–H groups in total. The zero-order valence-corrected chi connectivity index (χ0v) is 21.2. The van der Waals surface area contributed by atoms with Gasteiger partial charge in [0, 0.05) is 0 Å². The number of amides is 2. The predicted octanol–water partition coefficient (Wildman–Crippen LogP) is 4.56. The van der Waals surface area contributed by atoms with Crippen LogP contribution in [0.3, 0.4) is 0 Å². The first-order chi connectivity index (χ1) is 19.3. The van der Waals surface area contributed by atoms with Crippen molar-refractivity contribution in [3.05, 3.63) is 76.6 Å². The van der Waals surface area contributed by atoms with E-state index in [9.17, 15) is 31.9 Å². The fraction of sp³-hybridized carbons (Fsp3) is 0.154. The SMILES string of the molecule is Cc1cc(F)ccc1Oc1cc(C(F)(F)F)ccc1C(=O)Nc1ccc(OCCNC(=O)O)c(C=O)c1N=C(N)N. The lowest BCUT2D eigenvalue weighted by Crippen LogP contribution is -2.26. The van der Waals surface area contributed by atoms with E-state index >= 15 is 0 Å². The van der Waals surface area contributed by atoms with Crippen molar-refractivity contribution in [3.8, 4) is 17.2 Å². The second-order valence-corrected chi connectivity index (χ2v) is 8.28. The maximum absolute atomic E-state index is 13.5. The number of aldehydes is 1. The van der Waals surface area contributed by atoms with Crippen LogP contribution in [0.2, 0.25) is 0 Å². The summed E-state index contributed by atoms with van der Waals surface area (Å²) in [6.45, 7) is 1.18. The summed E-state index contributed by atoms with van der Waals surface area (Å²) in [7, 11) is 0. The van der Waals surface area contributed by atoms with E-state index < -0.39 is 41.3 Å². The average molecular weight is 577 g/mol. The first-order valence-electron chi connectivity index (χ1n) is 11.6. The number of nitrogens with one attached hydrogen (secondary N) is 2. The Hall–Kier alpha value is -5.34. The highest BCUT2D eigenvalue weighted by Crippen LogP contribution is 2.38. The Labute approximate surface area is 229 Å². The highest BCUT2D eigenvalue weighted by Gasteiger charge is 2.32. The van der Waals surface area contributed by atoms with E-state index in [0.29, 0.717) is 18.4 Å². The molecule has 0 aliphatic rings. The minimum absolute atomic E-state index is 0.00287. The molecule has 216 valence electrons. The van der Waals surface area contributed by atoms with Gasteiger partial charge in [-0.25, -0.2) is 14.2 Å². The summed E-state index contributed by atoms with van der Waals surface area (Å²) in [5, 5.41) is 13.2. The molecule has 0 unspecified atom stereocenters. The molecule has 0 heterocycles. The zero-order chi connectivity index (χ0) is 30.3. The summed E-state index contributed by atoms with van der Waals surface area (Å²) in [4.78, 5) is 39.7. The van der Waals surface area contributed by atoms with Crippen LogP contribution in [0.15, 0.2) is 53.5 Å². The third-order valence-electron chi connectivity index (χ3n) is 5.33. The van der Waals surface area contributed by atoms with E-state index in [0.717, 1.165) is 18.2 Å². The molecule has 0 atom stereocenters. The van der Waals surface area contributed by atoms with Gasteiger partial charge in [0.25, 0.3) is 5.91 Å². The molecule has 0 bridgehead atoms. The van der Waals surface area contributed by atoms with E-state index in [1.54, 1.807) is 0 Å². The molecule has 3 rings (SSSR count). The molecule has 0 spiro atoms. The Balaban J connectivity index is 2.02. The maximum atomic E-state index is 13.5. The van der Waals surface area contributed by atoms with Crippen LogP contribution in [-0.2, 0) is 6.18 Å². The van der Waals surface area contributed by atoms with Crippen molar-refractivity contribution in [1.82, 2.24) is 5.32 Å².